The van der Waals surface area contributed by atoms with Gasteiger partial charge in [-0.25, -0.2) is 8.78 Å². The molecule has 1 aromatic carbocycles. The SMILES string of the molecule is C=CCc1cc(C(=O)N(CC(F)F)C2CC2)cc(OC)c1OC. The van der Waals surface area contributed by atoms with Crippen LogP contribution in [0.1, 0.15) is 28.8 Å². The summed E-state index contributed by atoms with van der Waals surface area (Å²) in [6.45, 7) is 3.14. The minimum Gasteiger partial charge on any atom is -0.493 e. The molecule has 0 heterocycles. The summed E-state index contributed by atoms with van der Waals surface area (Å²) in [6, 6.07) is 3.10. The molecule has 6 heteroatoms. The van der Waals surface area contributed by atoms with Crippen LogP contribution in [0.2, 0.25) is 0 Å². The van der Waals surface area contributed by atoms with Gasteiger partial charge in [0, 0.05) is 17.2 Å². The molecule has 0 aromatic heterocycles. The van der Waals surface area contributed by atoms with Crippen LogP contribution in [0.25, 0.3) is 0 Å². The molecule has 23 heavy (non-hydrogen) atoms. The Kier molecular flexibility index (Phi) is 5.58. The number of hydrogen-bond acceptors (Lipinski definition) is 3. The fourth-order valence-electron chi connectivity index (χ4n) is 2.57. The van der Waals surface area contributed by atoms with Gasteiger partial charge in [0.05, 0.1) is 20.8 Å². The van der Waals surface area contributed by atoms with Crippen LogP contribution >= 0.6 is 0 Å². The number of rotatable bonds is 8. The van der Waals surface area contributed by atoms with Crippen LogP contribution in [0.15, 0.2) is 24.8 Å². The highest BCUT2D eigenvalue weighted by Crippen LogP contribution is 2.35. The minimum atomic E-state index is -2.55. The first-order chi connectivity index (χ1) is 11.0. The molecule has 0 saturated heterocycles. The molecule has 1 aliphatic rings. The maximum Gasteiger partial charge on any atom is 0.255 e. The quantitative estimate of drug-likeness (QED) is 0.688. The lowest BCUT2D eigenvalue weighted by Crippen LogP contribution is -2.37. The van der Waals surface area contributed by atoms with Crippen LogP contribution in [0, 0.1) is 0 Å². The van der Waals surface area contributed by atoms with Gasteiger partial charge in [0.25, 0.3) is 12.3 Å². The van der Waals surface area contributed by atoms with E-state index in [1.54, 1.807) is 12.1 Å². The Hall–Kier alpha value is -2.11. The van der Waals surface area contributed by atoms with Crippen molar-refractivity contribution < 1.29 is 23.0 Å². The van der Waals surface area contributed by atoms with Crippen LogP contribution in [0.4, 0.5) is 8.78 Å². The van der Waals surface area contributed by atoms with Gasteiger partial charge in [0.2, 0.25) is 0 Å². The topological polar surface area (TPSA) is 38.8 Å². The summed E-state index contributed by atoms with van der Waals surface area (Å²) in [5.74, 6) is 0.526. The van der Waals surface area contributed by atoms with Crippen LogP contribution < -0.4 is 9.47 Å². The van der Waals surface area contributed by atoms with Crippen molar-refractivity contribution in [2.75, 3.05) is 20.8 Å². The largest absolute Gasteiger partial charge is 0.493 e. The number of allylic oxidation sites excluding steroid dienone is 1. The van der Waals surface area contributed by atoms with Crippen LogP contribution in [-0.2, 0) is 6.42 Å². The summed E-state index contributed by atoms with van der Waals surface area (Å²) in [4.78, 5) is 13.9. The van der Waals surface area contributed by atoms with Gasteiger partial charge in [-0.15, -0.1) is 6.58 Å². The second kappa shape index (κ2) is 7.44. The average molecular weight is 325 g/mol. The number of nitrogens with zero attached hydrogens (tertiary/aromatic N) is 1. The van der Waals surface area contributed by atoms with Gasteiger partial charge in [-0.05, 0) is 31.4 Å². The van der Waals surface area contributed by atoms with E-state index in [-0.39, 0.29) is 6.04 Å². The first-order valence-electron chi connectivity index (χ1n) is 7.46. The van der Waals surface area contributed by atoms with Crippen molar-refractivity contribution in [3.05, 3.63) is 35.9 Å². The maximum absolute atomic E-state index is 12.8. The number of carbonyl (C=O) groups excluding carboxylic acids is 1. The molecule has 4 nitrogen and oxygen atoms in total. The molecule has 0 radical (unpaired) electrons. The highest BCUT2D eigenvalue weighted by atomic mass is 19.3. The smallest absolute Gasteiger partial charge is 0.255 e. The molecule has 1 aliphatic carbocycles. The lowest BCUT2D eigenvalue weighted by molar-refractivity contribution is 0.0534. The third-order valence-corrected chi connectivity index (χ3v) is 3.75. The Morgan fingerprint density at radius 3 is 2.57 bits per heavy atom. The first kappa shape index (κ1) is 17.2. The number of halogens is 2. The maximum atomic E-state index is 12.8. The van der Waals surface area contributed by atoms with E-state index >= 15 is 0 Å². The number of hydrogen-bond donors (Lipinski definition) is 0. The molecule has 2 rings (SSSR count). The molecule has 1 fully saturated rings. The van der Waals surface area contributed by atoms with E-state index in [2.05, 4.69) is 6.58 Å². The zero-order valence-electron chi connectivity index (χ0n) is 13.4. The van der Waals surface area contributed by atoms with E-state index < -0.39 is 18.9 Å². The number of ether oxygens (including phenoxy) is 2. The fraction of sp³-hybridized carbons (Fsp3) is 0.471. The molecular weight excluding hydrogens is 304 g/mol. The van der Waals surface area contributed by atoms with Crippen molar-refractivity contribution in [2.24, 2.45) is 0 Å². The van der Waals surface area contributed by atoms with Crippen molar-refractivity contribution in [2.45, 2.75) is 31.7 Å². The Balaban J connectivity index is 2.38. The van der Waals surface area contributed by atoms with Crippen molar-refractivity contribution in [1.29, 1.82) is 0 Å². The molecule has 0 N–H and O–H groups in total. The van der Waals surface area contributed by atoms with Gasteiger partial charge < -0.3 is 14.4 Å². The second-order valence-electron chi connectivity index (χ2n) is 5.44. The monoisotopic (exact) mass is 325 g/mol. The fourth-order valence-corrected chi connectivity index (χ4v) is 2.57. The van der Waals surface area contributed by atoms with Crippen molar-refractivity contribution >= 4 is 5.91 Å². The molecule has 0 atom stereocenters. The Labute approximate surface area is 134 Å². The molecule has 0 aliphatic heterocycles. The number of alkyl halides is 2. The first-order valence-corrected chi connectivity index (χ1v) is 7.46. The van der Waals surface area contributed by atoms with Crippen LogP contribution in [-0.4, -0.2) is 44.0 Å². The lowest BCUT2D eigenvalue weighted by Gasteiger charge is -2.23. The van der Waals surface area contributed by atoms with E-state index in [9.17, 15) is 13.6 Å². The Bertz CT molecular complexity index is 585. The van der Waals surface area contributed by atoms with Crippen molar-refractivity contribution in [1.82, 2.24) is 4.90 Å². The zero-order chi connectivity index (χ0) is 17.0. The summed E-state index contributed by atoms with van der Waals surface area (Å²) in [7, 11) is 2.99. The third-order valence-electron chi connectivity index (χ3n) is 3.75. The highest BCUT2D eigenvalue weighted by Gasteiger charge is 2.35. The van der Waals surface area contributed by atoms with Gasteiger partial charge in [0.15, 0.2) is 11.5 Å². The summed E-state index contributed by atoms with van der Waals surface area (Å²) in [6.07, 6.45) is 1.16. The van der Waals surface area contributed by atoms with Crippen LogP contribution in [0.3, 0.4) is 0 Å². The second-order valence-corrected chi connectivity index (χ2v) is 5.44. The molecule has 0 spiro atoms. The van der Waals surface area contributed by atoms with E-state index in [4.69, 9.17) is 9.47 Å². The van der Waals surface area contributed by atoms with E-state index in [0.29, 0.717) is 23.5 Å². The molecule has 1 amide bonds. The number of amides is 1. The van der Waals surface area contributed by atoms with Crippen molar-refractivity contribution in [3.8, 4) is 11.5 Å². The molecule has 1 aromatic rings. The Morgan fingerprint density at radius 1 is 1.39 bits per heavy atom. The van der Waals surface area contributed by atoms with Gasteiger partial charge in [-0.2, -0.15) is 0 Å². The average Bonchev–Trinajstić information content (AvgIpc) is 3.36. The molecule has 0 bridgehead atoms. The molecular formula is C17H21F2NO3. The molecule has 0 unspecified atom stereocenters. The summed E-state index contributed by atoms with van der Waals surface area (Å²) in [5.41, 5.74) is 1.06. The highest BCUT2D eigenvalue weighted by molar-refractivity contribution is 5.95. The van der Waals surface area contributed by atoms with E-state index in [1.165, 1.54) is 25.2 Å². The number of carbonyl (C=O) groups is 1. The molecule has 126 valence electrons. The van der Waals surface area contributed by atoms with E-state index in [0.717, 1.165) is 18.4 Å². The predicted molar refractivity (Wildman–Crippen MR) is 83.5 cm³/mol. The normalized spacial score (nSPS) is 13.8. The predicted octanol–water partition coefficient (Wildman–Crippen LogP) is 3.30. The standard InChI is InChI=1S/C17H21F2NO3/c1-4-5-11-8-12(9-14(22-2)16(11)23-3)17(21)20(10-15(18)19)13-6-7-13/h4,8-9,13,15H,1,5-7,10H2,2-3H3. The zero-order valence-corrected chi connectivity index (χ0v) is 13.4. The summed E-state index contributed by atoms with van der Waals surface area (Å²) in [5, 5.41) is 0. The van der Waals surface area contributed by atoms with Gasteiger partial charge in [-0.1, -0.05) is 6.08 Å². The summed E-state index contributed by atoms with van der Waals surface area (Å²) < 4.78 is 36.1. The number of methoxy groups -OCH3 is 2. The lowest BCUT2D eigenvalue weighted by atomic mass is 10.0. The van der Waals surface area contributed by atoms with E-state index in [1.807, 2.05) is 0 Å². The van der Waals surface area contributed by atoms with Gasteiger partial charge in [-0.3, -0.25) is 4.79 Å². The van der Waals surface area contributed by atoms with Gasteiger partial charge >= 0.3 is 0 Å². The number of benzene rings is 1. The Morgan fingerprint density at radius 2 is 2.09 bits per heavy atom. The van der Waals surface area contributed by atoms with Gasteiger partial charge in [0.1, 0.15) is 0 Å². The molecule has 1 saturated carbocycles. The van der Waals surface area contributed by atoms with Crippen LogP contribution in [0.5, 0.6) is 11.5 Å². The van der Waals surface area contributed by atoms with Crippen molar-refractivity contribution in [3.63, 3.8) is 0 Å². The summed E-state index contributed by atoms with van der Waals surface area (Å²) >= 11 is 0. The third kappa shape index (κ3) is 4.00. The minimum absolute atomic E-state index is 0.0903.